The minimum absolute atomic E-state index is 0. The van der Waals surface area contributed by atoms with Crippen molar-refractivity contribution in [2.24, 2.45) is 0 Å². The summed E-state index contributed by atoms with van der Waals surface area (Å²) in [7, 11) is 0. The number of piperazine rings is 1. The second kappa shape index (κ2) is 8.09. The summed E-state index contributed by atoms with van der Waals surface area (Å²) in [6.45, 7) is 5.77. The number of hydrogen-bond acceptors (Lipinski definition) is 5. The first-order chi connectivity index (χ1) is 8.81. The Morgan fingerprint density at radius 2 is 2.05 bits per heavy atom. The number of carbonyl (C=O) groups is 1. The summed E-state index contributed by atoms with van der Waals surface area (Å²) in [5.74, 6) is -0.275. The van der Waals surface area contributed by atoms with E-state index in [0.29, 0.717) is 5.56 Å². The van der Waals surface area contributed by atoms with Crippen LogP contribution in [-0.4, -0.2) is 48.3 Å². The third kappa shape index (κ3) is 4.45. The van der Waals surface area contributed by atoms with Crippen LogP contribution in [0.2, 0.25) is 0 Å². The number of nitrogens with zero attached hydrogens (tertiary/aromatic N) is 2. The Balaban J connectivity index is 0.00000180. The van der Waals surface area contributed by atoms with Crippen molar-refractivity contribution in [2.75, 3.05) is 26.2 Å². The molecule has 19 heavy (non-hydrogen) atoms. The van der Waals surface area contributed by atoms with Gasteiger partial charge in [-0.15, -0.1) is 12.4 Å². The average molecular weight is 286 g/mol. The van der Waals surface area contributed by atoms with Gasteiger partial charge in [-0.25, -0.2) is 4.79 Å². The van der Waals surface area contributed by atoms with Gasteiger partial charge in [0.15, 0.2) is 6.23 Å². The van der Waals surface area contributed by atoms with Crippen LogP contribution in [0.25, 0.3) is 0 Å². The third-order valence-corrected chi connectivity index (χ3v) is 3.07. The van der Waals surface area contributed by atoms with Gasteiger partial charge < -0.3 is 10.1 Å². The second-order valence-electron chi connectivity index (χ2n) is 4.29. The molecule has 1 aromatic heterocycles. The van der Waals surface area contributed by atoms with Gasteiger partial charge in [-0.05, 0) is 18.6 Å². The molecule has 1 atom stereocenters. The van der Waals surface area contributed by atoms with Crippen LogP contribution >= 0.6 is 12.4 Å². The van der Waals surface area contributed by atoms with E-state index < -0.39 is 0 Å². The fourth-order valence-electron chi connectivity index (χ4n) is 2.07. The number of nitrogens with one attached hydrogen (secondary N) is 1. The SMILES string of the molecule is CCC(OC(=O)c1ccncc1)N1CCNCC1.Cl. The van der Waals surface area contributed by atoms with Crippen LogP contribution in [0, 0.1) is 0 Å². The van der Waals surface area contributed by atoms with Gasteiger partial charge in [-0.3, -0.25) is 9.88 Å². The summed E-state index contributed by atoms with van der Waals surface area (Å²) in [6.07, 6.45) is 3.87. The van der Waals surface area contributed by atoms with E-state index in [1.54, 1.807) is 24.5 Å². The second-order valence-corrected chi connectivity index (χ2v) is 4.29. The van der Waals surface area contributed by atoms with Crippen LogP contribution in [0.5, 0.6) is 0 Å². The topological polar surface area (TPSA) is 54.5 Å². The number of pyridine rings is 1. The number of aromatic nitrogens is 1. The summed E-state index contributed by atoms with van der Waals surface area (Å²) in [4.78, 5) is 18.1. The highest BCUT2D eigenvalue weighted by Gasteiger charge is 2.22. The fourth-order valence-corrected chi connectivity index (χ4v) is 2.07. The van der Waals surface area contributed by atoms with Gasteiger partial charge in [0, 0.05) is 38.6 Å². The van der Waals surface area contributed by atoms with Crippen LogP contribution in [0.15, 0.2) is 24.5 Å². The van der Waals surface area contributed by atoms with Gasteiger partial charge in [-0.2, -0.15) is 0 Å². The van der Waals surface area contributed by atoms with E-state index in [4.69, 9.17) is 4.74 Å². The third-order valence-electron chi connectivity index (χ3n) is 3.07. The largest absolute Gasteiger partial charge is 0.443 e. The van der Waals surface area contributed by atoms with E-state index in [1.165, 1.54) is 0 Å². The van der Waals surface area contributed by atoms with Crippen molar-refractivity contribution < 1.29 is 9.53 Å². The standard InChI is InChI=1S/C13H19N3O2.ClH/c1-2-12(16-9-7-15-8-10-16)18-13(17)11-3-5-14-6-4-11;/h3-6,12,15H,2,7-10H2,1H3;1H. The number of halogens is 1. The summed E-state index contributed by atoms with van der Waals surface area (Å²) < 4.78 is 5.56. The molecule has 106 valence electrons. The Morgan fingerprint density at radius 3 is 2.63 bits per heavy atom. The van der Waals surface area contributed by atoms with Gasteiger partial charge >= 0.3 is 5.97 Å². The van der Waals surface area contributed by atoms with Crippen molar-refractivity contribution in [3.05, 3.63) is 30.1 Å². The van der Waals surface area contributed by atoms with Crippen molar-refractivity contribution in [3.63, 3.8) is 0 Å². The first-order valence-corrected chi connectivity index (χ1v) is 6.37. The lowest BCUT2D eigenvalue weighted by Gasteiger charge is -2.33. The van der Waals surface area contributed by atoms with Gasteiger partial charge in [0.2, 0.25) is 0 Å². The maximum atomic E-state index is 12.0. The van der Waals surface area contributed by atoms with E-state index in [9.17, 15) is 4.79 Å². The Kier molecular flexibility index (Phi) is 6.77. The minimum atomic E-state index is -0.275. The van der Waals surface area contributed by atoms with Gasteiger partial charge in [0.05, 0.1) is 5.56 Å². The number of rotatable bonds is 4. The Morgan fingerprint density at radius 1 is 1.42 bits per heavy atom. The van der Waals surface area contributed by atoms with Gasteiger partial charge in [0.1, 0.15) is 0 Å². The summed E-state index contributed by atoms with van der Waals surface area (Å²) in [5.41, 5.74) is 0.554. The smallest absolute Gasteiger partial charge is 0.339 e. The Labute approximate surface area is 119 Å². The molecule has 1 saturated heterocycles. The number of hydrogen-bond donors (Lipinski definition) is 1. The molecule has 1 fully saturated rings. The molecule has 0 bridgehead atoms. The molecular formula is C13H20ClN3O2. The highest BCUT2D eigenvalue weighted by Crippen LogP contribution is 2.10. The van der Waals surface area contributed by atoms with Crippen molar-refractivity contribution in [1.82, 2.24) is 15.2 Å². The lowest BCUT2D eigenvalue weighted by molar-refractivity contribution is -0.0384. The number of ether oxygens (including phenoxy) is 1. The van der Waals surface area contributed by atoms with E-state index in [-0.39, 0.29) is 24.6 Å². The predicted molar refractivity (Wildman–Crippen MR) is 75.4 cm³/mol. The summed E-state index contributed by atoms with van der Waals surface area (Å²) in [6, 6.07) is 3.35. The van der Waals surface area contributed by atoms with Crippen LogP contribution < -0.4 is 5.32 Å². The molecular weight excluding hydrogens is 266 g/mol. The summed E-state index contributed by atoms with van der Waals surface area (Å²) >= 11 is 0. The Hall–Kier alpha value is -1.17. The van der Waals surface area contributed by atoms with Crippen molar-refractivity contribution in [3.8, 4) is 0 Å². The molecule has 1 unspecified atom stereocenters. The predicted octanol–water partition coefficient (Wildman–Crippen LogP) is 1.30. The van der Waals surface area contributed by atoms with E-state index in [2.05, 4.69) is 15.2 Å². The van der Waals surface area contributed by atoms with E-state index in [0.717, 1.165) is 32.6 Å². The van der Waals surface area contributed by atoms with Crippen LogP contribution in [-0.2, 0) is 4.74 Å². The molecule has 5 nitrogen and oxygen atoms in total. The van der Waals surface area contributed by atoms with Crippen LogP contribution in [0.1, 0.15) is 23.7 Å². The minimum Gasteiger partial charge on any atom is -0.443 e. The molecule has 1 aliphatic heterocycles. The number of esters is 1. The van der Waals surface area contributed by atoms with Crippen LogP contribution in [0.4, 0.5) is 0 Å². The van der Waals surface area contributed by atoms with Crippen molar-refractivity contribution in [1.29, 1.82) is 0 Å². The lowest BCUT2D eigenvalue weighted by atomic mass is 10.2. The molecule has 0 spiro atoms. The highest BCUT2D eigenvalue weighted by molar-refractivity contribution is 5.89. The van der Waals surface area contributed by atoms with Crippen LogP contribution in [0.3, 0.4) is 0 Å². The molecule has 1 aliphatic rings. The van der Waals surface area contributed by atoms with Crippen molar-refractivity contribution >= 4 is 18.4 Å². The van der Waals surface area contributed by atoms with E-state index in [1.807, 2.05) is 6.92 Å². The average Bonchev–Trinajstić information content (AvgIpc) is 2.46. The molecule has 1 aromatic rings. The zero-order valence-corrected chi connectivity index (χ0v) is 11.9. The molecule has 0 aliphatic carbocycles. The molecule has 0 amide bonds. The van der Waals surface area contributed by atoms with Crippen molar-refractivity contribution in [2.45, 2.75) is 19.6 Å². The Bertz CT molecular complexity index is 383. The summed E-state index contributed by atoms with van der Waals surface area (Å²) in [5, 5.41) is 3.29. The zero-order chi connectivity index (χ0) is 12.8. The molecule has 1 N–H and O–H groups in total. The maximum absolute atomic E-state index is 12.0. The zero-order valence-electron chi connectivity index (χ0n) is 11.0. The molecule has 0 radical (unpaired) electrons. The molecule has 6 heteroatoms. The fraction of sp³-hybridized carbons (Fsp3) is 0.538. The maximum Gasteiger partial charge on any atom is 0.339 e. The number of carbonyl (C=O) groups excluding carboxylic acids is 1. The highest BCUT2D eigenvalue weighted by atomic mass is 35.5. The normalized spacial score (nSPS) is 17.3. The molecule has 2 heterocycles. The molecule has 0 aromatic carbocycles. The monoisotopic (exact) mass is 285 g/mol. The lowest BCUT2D eigenvalue weighted by Crippen LogP contribution is -2.49. The molecule has 0 saturated carbocycles. The quantitative estimate of drug-likeness (QED) is 0.845. The first kappa shape index (κ1) is 15.9. The first-order valence-electron chi connectivity index (χ1n) is 6.37. The van der Waals surface area contributed by atoms with Gasteiger partial charge in [-0.1, -0.05) is 6.92 Å². The van der Waals surface area contributed by atoms with Gasteiger partial charge in [0.25, 0.3) is 0 Å². The van der Waals surface area contributed by atoms with E-state index >= 15 is 0 Å². The molecule has 2 rings (SSSR count).